The van der Waals surface area contributed by atoms with Crippen molar-refractivity contribution in [3.05, 3.63) is 77.0 Å². The lowest BCUT2D eigenvalue weighted by Crippen LogP contribution is -2.52. The lowest BCUT2D eigenvalue weighted by Gasteiger charge is -2.35. The highest BCUT2D eigenvalue weighted by molar-refractivity contribution is 6.05. The van der Waals surface area contributed by atoms with E-state index in [2.05, 4.69) is 10.4 Å². The third-order valence-electron chi connectivity index (χ3n) is 7.90. The average molecular weight is 561 g/mol. The second kappa shape index (κ2) is 9.43. The van der Waals surface area contributed by atoms with Crippen LogP contribution < -0.4 is 10.2 Å². The van der Waals surface area contributed by atoms with E-state index in [-0.39, 0.29) is 56.4 Å². The smallest absolute Gasteiger partial charge is 0.255 e. The quantitative estimate of drug-likeness (QED) is 0.376. The molecule has 9 nitrogen and oxygen atoms in total. The van der Waals surface area contributed by atoms with Crippen molar-refractivity contribution in [3.63, 3.8) is 0 Å². The highest BCUT2D eigenvalue weighted by Crippen LogP contribution is 2.35. The number of hydrogen-bond donors (Lipinski definition) is 1. The van der Waals surface area contributed by atoms with Crippen molar-refractivity contribution in [2.75, 3.05) is 18.0 Å². The monoisotopic (exact) mass is 560 g/mol. The molecule has 7 rings (SSSR count). The zero-order valence-corrected chi connectivity index (χ0v) is 21.6. The highest BCUT2D eigenvalue weighted by atomic mass is 19.1. The van der Waals surface area contributed by atoms with Gasteiger partial charge in [-0.1, -0.05) is 12.1 Å². The zero-order chi connectivity index (χ0) is 28.4. The van der Waals surface area contributed by atoms with Gasteiger partial charge in [-0.2, -0.15) is 5.10 Å². The van der Waals surface area contributed by atoms with Gasteiger partial charge in [-0.25, -0.2) is 22.8 Å². The summed E-state index contributed by atoms with van der Waals surface area (Å²) in [7, 11) is 0. The number of amides is 3. The molecule has 2 saturated heterocycles. The second-order valence-electron chi connectivity index (χ2n) is 10.6. The first-order chi connectivity index (χ1) is 19.7. The molecule has 1 N–H and O–H groups in total. The number of anilines is 1. The number of carbonyl (C=O) groups excluding carboxylic acids is 3. The predicted molar refractivity (Wildman–Crippen MR) is 142 cm³/mol. The number of carbonyl (C=O) groups is 3. The third-order valence-corrected chi connectivity index (χ3v) is 7.90. The molecule has 0 unspecified atom stereocenters. The van der Waals surface area contributed by atoms with Crippen molar-refractivity contribution >= 4 is 34.6 Å². The molecule has 0 radical (unpaired) electrons. The van der Waals surface area contributed by atoms with E-state index in [1.54, 1.807) is 34.0 Å². The molecule has 0 spiro atoms. The average Bonchev–Trinajstić information content (AvgIpc) is 3.47. The zero-order valence-electron chi connectivity index (χ0n) is 21.6. The van der Waals surface area contributed by atoms with Crippen molar-refractivity contribution in [1.29, 1.82) is 0 Å². The number of nitrogens with one attached hydrogen (secondary N) is 1. The molecule has 4 aromatic rings. The number of aromatic nitrogens is 3. The van der Waals surface area contributed by atoms with E-state index >= 15 is 0 Å². The van der Waals surface area contributed by atoms with Crippen molar-refractivity contribution in [2.24, 2.45) is 0 Å². The first kappa shape index (κ1) is 25.2. The maximum atomic E-state index is 14.8. The maximum absolute atomic E-state index is 14.8. The van der Waals surface area contributed by atoms with Crippen LogP contribution in [-0.2, 0) is 22.7 Å². The Labute approximate surface area is 231 Å². The van der Waals surface area contributed by atoms with Crippen LogP contribution in [0.3, 0.4) is 0 Å². The molecule has 3 amide bonds. The summed E-state index contributed by atoms with van der Waals surface area (Å²) in [4.78, 5) is 44.9. The van der Waals surface area contributed by atoms with Crippen LogP contribution in [-0.4, -0.2) is 62.7 Å². The lowest BCUT2D eigenvalue weighted by molar-refractivity contribution is -0.136. The van der Waals surface area contributed by atoms with Gasteiger partial charge >= 0.3 is 0 Å². The van der Waals surface area contributed by atoms with E-state index in [9.17, 15) is 27.6 Å². The van der Waals surface area contributed by atoms with Gasteiger partial charge in [0.1, 0.15) is 29.7 Å². The van der Waals surface area contributed by atoms with Crippen LogP contribution in [0.4, 0.5) is 19.0 Å². The second-order valence-corrected chi connectivity index (χ2v) is 10.6. The van der Waals surface area contributed by atoms with Crippen molar-refractivity contribution < 1.29 is 27.6 Å². The minimum absolute atomic E-state index is 0.167. The van der Waals surface area contributed by atoms with Gasteiger partial charge in [0, 0.05) is 41.1 Å². The van der Waals surface area contributed by atoms with Gasteiger partial charge in [-0.05, 0) is 41.8 Å². The Morgan fingerprint density at radius 1 is 0.976 bits per heavy atom. The minimum Gasteiger partial charge on any atom is -0.351 e. The van der Waals surface area contributed by atoms with Gasteiger partial charge in [-0.3, -0.25) is 19.7 Å². The molecule has 3 aliphatic heterocycles. The number of pyridine rings is 1. The summed E-state index contributed by atoms with van der Waals surface area (Å²) in [6.07, 6.45) is 1.05. The lowest BCUT2D eigenvalue weighted by atomic mass is 10.0. The topological polar surface area (TPSA) is 100 Å². The van der Waals surface area contributed by atoms with Gasteiger partial charge in [0.25, 0.3) is 5.91 Å². The number of piperidine rings is 1. The molecule has 0 saturated carbocycles. The van der Waals surface area contributed by atoms with Gasteiger partial charge < -0.3 is 9.80 Å². The number of alkyl halides is 1. The molecule has 2 aromatic heterocycles. The normalized spacial score (nSPS) is 19.1. The number of rotatable bonds is 5. The van der Waals surface area contributed by atoms with Crippen LogP contribution in [0.2, 0.25) is 0 Å². The Balaban J connectivity index is 1.22. The number of halogens is 3. The number of fused-ring (bicyclic) bond motifs is 2. The van der Waals surface area contributed by atoms with Crippen LogP contribution >= 0.6 is 0 Å². The summed E-state index contributed by atoms with van der Waals surface area (Å²) < 4.78 is 43.8. The number of imide groups is 1. The molecular formula is C29H23F3N6O3. The molecule has 2 aromatic carbocycles. The summed E-state index contributed by atoms with van der Waals surface area (Å²) >= 11 is 0. The summed E-state index contributed by atoms with van der Waals surface area (Å²) in [6.45, 7) is 0.849. The Morgan fingerprint density at radius 3 is 2.54 bits per heavy atom. The number of benzene rings is 2. The highest BCUT2D eigenvalue weighted by Gasteiger charge is 2.39. The molecule has 1 atom stereocenters. The molecule has 41 heavy (non-hydrogen) atoms. The maximum Gasteiger partial charge on any atom is 0.255 e. The van der Waals surface area contributed by atoms with Crippen LogP contribution in [0.1, 0.15) is 34.3 Å². The Bertz CT molecular complexity index is 1770. The SMILES string of the molecule is O=C1CC[C@H](N2Cc3cc(Cn4ncc5c(-c6ccc(F)cc6F)cc(N6CC(F)C6)nc54)ccc3C2=O)C(=O)N1. The van der Waals surface area contributed by atoms with Crippen LogP contribution in [0.25, 0.3) is 22.2 Å². The molecule has 0 bridgehead atoms. The van der Waals surface area contributed by atoms with Gasteiger partial charge in [0.05, 0.1) is 25.8 Å². The summed E-state index contributed by atoms with van der Waals surface area (Å²) in [5, 5.41) is 7.35. The Hall–Kier alpha value is -4.74. The fourth-order valence-corrected chi connectivity index (χ4v) is 5.75. The predicted octanol–water partition coefficient (Wildman–Crippen LogP) is 3.34. The van der Waals surface area contributed by atoms with E-state index in [4.69, 9.17) is 4.98 Å². The van der Waals surface area contributed by atoms with Crippen molar-refractivity contribution in [1.82, 2.24) is 25.0 Å². The molecule has 5 heterocycles. The molecule has 2 fully saturated rings. The molecule has 12 heteroatoms. The largest absolute Gasteiger partial charge is 0.351 e. The van der Waals surface area contributed by atoms with Crippen LogP contribution in [0.5, 0.6) is 0 Å². The fraction of sp³-hybridized carbons (Fsp3) is 0.276. The summed E-state index contributed by atoms with van der Waals surface area (Å²) in [5.41, 5.74) is 3.17. The van der Waals surface area contributed by atoms with Crippen molar-refractivity contribution in [2.45, 2.75) is 38.1 Å². The van der Waals surface area contributed by atoms with E-state index in [1.165, 1.54) is 17.0 Å². The van der Waals surface area contributed by atoms with Gasteiger partial charge in [0.2, 0.25) is 11.8 Å². The summed E-state index contributed by atoms with van der Waals surface area (Å²) in [6, 6.07) is 9.71. The number of hydrogen-bond acceptors (Lipinski definition) is 6. The first-order valence-corrected chi connectivity index (χ1v) is 13.2. The Morgan fingerprint density at radius 2 is 1.78 bits per heavy atom. The standard InChI is InChI=1S/C29H23F3N6O3/c30-17-2-4-20(23(32)8-17)21-9-25(36-13-18(31)14-36)34-27-22(21)10-33-38(27)11-15-1-3-19-16(7-15)12-37(29(19)41)24-5-6-26(39)35-28(24)40/h1-4,7-10,18,24H,5-6,11-14H2,(H,35,39,40)/t24-/m0/s1. The number of nitrogens with zero attached hydrogens (tertiary/aromatic N) is 5. The first-order valence-electron chi connectivity index (χ1n) is 13.2. The fourth-order valence-electron chi connectivity index (χ4n) is 5.75. The summed E-state index contributed by atoms with van der Waals surface area (Å²) in [5.74, 6) is -2.03. The molecule has 0 aliphatic carbocycles. The minimum atomic E-state index is -0.975. The molecular weight excluding hydrogens is 537 g/mol. The van der Waals surface area contributed by atoms with E-state index in [0.717, 1.165) is 17.2 Å². The van der Waals surface area contributed by atoms with E-state index in [0.29, 0.717) is 28.0 Å². The van der Waals surface area contributed by atoms with E-state index in [1.807, 2.05) is 6.07 Å². The van der Waals surface area contributed by atoms with Crippen LogP contribution in [0.15, 0.2) is 48.7 Å². The van der Waals surface area contributed by atoms with Crippen LogP contribution in [0, 0.1) is 11.6 Å². The van der Waals surface area contributed by atoms with Gasteiger partial charge in [0.15, 0.2) is 5.65 Å². The Kier molecular flexibility index (Phi) is 5.80. The molecule has 3 aliphatic rings. The van der Waals surface area contributed by atoms with Gasteiger partial charge in [-0.15, -0.1) is 0 Å². The van der Waals surface area contributed by atoms with Crippen molar-refractivity contribution in [3.8, 4) is 11.1 Å². The van der Waals surface area contributed by atoms with E-state index < -0.39 is 29.8 Å². The molecule has 208 valence electrons. The third kappa shape index (κ3) is 4.30.